The van der Waals surface area contributed by atoms with Crippen molar-refractivity contribution in [2.75, 3.05) is 0 Å². The zero-order chi connectivity index (χ0) is 11.6. The van der Waals surface area contributed by atoms with Crippen LogP contribution in [0.4, 0.5) is 0 Å². The fourth-order valence-corrected chi connectivity index (χ4v) is 1.40. The highest BCUT2D eigenvalue weighted by Crippen LogP contribution is 2.19. The van der Waals surface area contributed by atoms with Crippen molar-refractivity contribution in [2.45, 2.75) is 19.4 Å². The van der Waals surface area contributed by atoms with Crippen molar-refractivity contribution in [1.82, 2.24) is 0 Å². The number of hydrogen-bond acceptors (Lipinski definition) is 2. The maximum atomic E-state index is 8.53. The highest BCUT2D eigenvalue weighted by molar-refractivity contribution is 6.69. The third-order valence-electron chi connectivity index (χ3n) is 2.05. The van der Waals surface area contributed by atoms with E-state index >= 15 is 0 Å². The summed E-state index contributed by atoms with van der Waals surface area (Å²) in [5, 5.41) is 19.3. The van der Waals surface area contributed by atoms with Crippen LogP contribution >= 0.6 is 11.6 Å². The van der Waals surface area contributed by atoms with Crippen LogP contribution in [0.25, 0.3) is 0 Å². The van der Waals surface area contributed by atoms with E-state index in [1.54, 1.807) is 32.0 Å². The number of rotatable bonds is 2. The minimum atomic E-state index is -0.813. The fourth-order valence-electron chi connectivity index (χ4n) is 1.28. The van der Waals surface area contributed by atoms with Gasteiger partial charge in [-0.1, -0.05) is 34.4 Å². The van der Waals surface area contributed by atoms with Crippen molar-refractivity contribution in [2.24, 2.45) is 5.16 Å². The molecule has 0 amide bonds. The number of oxime groups is 1. The molecule has 1 aromatic carbocycles. The molecule has 0 aromatic heterocycles. The summed E-state index contributed by atoms with van der Waals surface area (Å²) < 4.78 is 0. The Hall–Kier alpha value is -0.995. The molecule has 0 unspecified atom stereocenters. The van der Waals surface area contributed by atoms with Gasteiger partial charge < -0.3 is 10.3 Å². The summed E-state index contributed by atoms with van der Waals surface area (Å²) >= 11 is 5.66. The lowest BCUT2D eigenvalue weighted by molar-refractivity contribution is 0.0797. The van der Waals surface area contributed by atoms with E-state index in [1.807, 2.05) is 0 Å². The van der Waals surface area contributed by atoms with E-state index in [2.05, 4.69) is 5.16 Å². The summed E-state index contributed by atoms with van der Waals surface area (Å²) in [6.45, 7) is 3.46. The van der Waals surface area contributed by atoms with Crippen molar-refractivity contribution in [3.8, 4) is 0 Å². The summed E-state index contributed by atoms with van der Waals surface area (Å²) in [4.78, 5) is 0. The molecule has 1 rings (SSSR count). The van der Waals surface area contributed by atoms with Crippen LogP contribution < -0.4 is 5.46 Å². The molecule has 0 spiro atoms. The Labute approximate surface area is 94.8 Å². The zero-order valence-corrected chi connectivity index (χ0v) is 9.34. The first-order valence-electron chi connectivity index (χ1n) is 4.39. The van der Waals surface area contributed by atoms with Gasteiger partial charge in [-0.3, -0.25) is 0 Å². The Morgan fingerprint density at radius 3 is 2.60 bits per heavy atom. The molecule has 0 saturated heterocycles. The molecular formula is C10H12BClNO2+. The first kappa shape index (κ1) is 12.1. The molecule has 0 heterocycles. The van der Waals surface area contributed by atoms with Crippen molar-refractivity contribution >= 4 is 30.1 Å². The van der Waals surface area contributed by atoms with Gasteiger partial charge in [0.05, 0.1) is 0 Å². The second kappa shape index (κ2) is 4.25. The van der Waals surface area contributed by atoms with Crippen LogP contribution in [-0.4, -0.2) is 23.3 Å². The molecule has 0 aliphatic carbocycles. The minimum Gasteiger partial charge on any atom is -0.438 e. The lowest BCUT2D eigenvalue weighted by Crippen LogP contribution is -2.26. The molecule has 78 valence electrons. The summed E-state index contributed by atoms with van der Waals surface area (Å²) in [7, 11) is 5.75. The lowest BCUT2D eigenvalue weighted by atomic mass is 9.82. The van der Waals surface area contributed by atoms with Crippen LogP contribution in [0.1, 0.15) is 25.0 Å². The van der Waals surface area contributed by atoms with E-state index in [1.165, 1.54) is 0 Å². The number of hydrogen-bond donors (Lipinski definition) is 1. The van der Waals surface area contributed by atoms with Crippen molar-refractivity contribution < 1.29 is 10.3 Å². The van der Waals surface area contributed by atoms with E-state index in [9.17, 15) is 0 Å². The summed E-state index contributed by atoms with van der Waals surface area (Å²) in [5.74, 6) is 0. The number of benzene rings is 1. The highest BCUT2D eigenvalue weighted by atomic mass is 35.5. The monoisotopic (exact) mass is 224 g/mol. The fraction of sp³-hybridized carbons (Fsp3) is 0.300. The third-order valence-corrected chi connectivity index (χ3v) is 2.35. The molecule has 0 atom stereocenters. The predicted molar refractivity (Wildman–Crippen MR) is 62.6 cm³/mol. The zero-order valence-electron chi connectivity index (χ0n) is 8.58. The second-order valence-corrected chi connectivity index (χ2v) is 4.18. The predicted octanol–water partition coefficient (Wildman–Crippen LogP) is 0.815. The minimum absolute atomic E-state index is 0.0134. The number of halogens is 1. The van der Waals surface area contributed by atoms with E-state index < -0.39 is 5.60 Å². The van der Waals surface area contributed by atoms with E-state index in [0.29, 0.717) is 16.6 Å². The van der Waals surface area contributed by atoms with Crippen LogP contribution in [0, 0.1) is 0 Å². The molecule has 3 N–H and O–H groups in total. The standard InChI is InChI=1S/C10H11BClNO2/c1-10(2,14)7-5-6(9(12)13-15)3-4-8(7)11/h3-5,14-15H,1-2H3/p+1/b13-9-. The average Bonchev–Trinajstić information content (AvgIpc) is 2.15. The maximum absolute atomic E-state index is 8.53. The van der Waals surface area contributed by atoms with Crippen LogP contribution in [0.15, 0.2) is 23.4 Å². The van der Waals surface area contributed by atoms with Crippen molar-refractivity contribution in [3.63, 3.8) is 0 Å². The van der Waals surface area contributed by atoms with Gasteiger partial charge in [-0.25, -0.2) is 0 Å². The average molecular weight is 224 g/mol. The van der Waals surface area contributed by atoms with Gasteiger partial charge in [0.1, 0.15) is 7.85 Å². The molecule has 5 heteroatoms. The largest absolute Gasteiger partial charge is 0.438 e. The molecule has 0 saturated carbocycles. The smallest absolute Gasteiger partial charge is 0.183 e. The van der Waals surface area contributed by atoms with Gasteiger partial charge in [0, 0.05) is 25.0 Å². The quantitative estimate of drug-likeness (QED) is 0.261. The summed E-state index contributed by atoms with van der Waals surface area (Å²) in [5.41, 5.74) is 0.916. The Morgan fingerprint density at radius 2 is 2.13 bits per heavy atom. The molecule has 0 aliphatic rings. The third kappa shape index (κ3) is 2.73. The van der Waals surface area contributed by atoms with Gasteiger partial charge in [0.25, 0.3) is 0 Å². The molecule has 3 nitrogen and oxygen atoms in total. The van der Waals surface area contributed by atoms with Gasteiger partial charge >= 0.3 is 0 Å². The second-order valence-electron chi connectivity index (χ2n) is 3.82. The van der Waals surface area contributed by atoms with Gasteiger partial charge in [-0.15, -0.1) is 0 Å². The van der Waals surface area contributed by atoms with Crippen molar-refractivity contribution in [1.29, 1.82) is 0 Å². The van der Waals surface area contributed by atoms with Gasteiger partial charge in [0.2, 0.25) is 0 Å². The molecule has 0 aliphatic heterocycles. The number of nitrogens with zero attached hydrogens (tertiary/aromatic N) is 1. The molecular weight excluding hydrogens is 212 g/mol. The topological polar surface area (TPSA) is 55.5 Å². The van der Waals surface area contributed by atoms with Crippen LogP contribution in [0.3, 0.4) is 0 Å². The summed E-state index contributed by atoms with van der Waals surface area (Å²) in [6.07, 6.45) is 0. The molecule has 2 radical (unpaired) electrons. The van der Waals surface area contributed by atoms with Crippen LogP contribution in [0.2, 0.25) is 0 Å². The van der Waals surface area contributed by atoms with E-state index in [0.717, 1.165) is 0 Å². The molecule has 15 heavy (non-hydrogen) atoms. The Bertz CT molecular complexity index is 399. The SMILES string of the molecule is [B]c1ccc(/C(Cl)=N/O)cc1C(C)(C)[OH2+]. The summed E-state index contributed by atoms with van der Waals surface area (Å²) in [6, 6.07) is 4.95. The highest BCUT2D eigenvalue weighted by Gasteiger charge is 2.23. The molecule has 0 fully saturated rings. The Balaban J connectivity index is 3.29. The van der Waals surface area contributed by atoms with E-state index in [4.69, 9.17) is 29.8 Å². The Morgan fingerprint density at radius 1 is 1.53 bits per heavy atom. The van der Waals surface area contributed by atoms with Crippen LogP contribution in [-0.2, 0) is 5.60 Å². The first-order valence-corrected chi connectivity index (χ1v) is 4.77. The van der Waals surface area contributed by atoms with Gasteiger partial charge in [0.15, 0.2) is 10.8 Å². The lowest BCUT2D eigenvalue weighted by Gasteiger charge is -2.17. The molecule has 1 aromatic rings. The maximum Gasteiger partial charge on any atom is 0.183 e. The van der Waals surface area contributed by atoms with Gasteiger partial charge in [-0.05, 0) is 6.07 Å². The van der Waals surface area contributed by atoms with Crippen LogP contribution in [0.5, 0.6) is 0 Å². The van der Waals surface area contributed by atoms with E-state index in [-0.39, 0.29) is 5.17 Å². The molecule has 0 bridgehead atoms. The first-order chi connectivity index (χ1) is 6.86. The normalized spacial score (nSPS) is 12.9. The Kier molecular flexibility index (Phi) is 3.42. The van der Waals surface area contributed by atoms with Crippen molar-refractivity contribution in [3.05, 3.63) is 29.3 Å². The van der Waals surface area contributed by atoms with Gasteiger partial charge in [-0.2, -0.15) is 0 Å².